The number of hydrogen-bond acceptors (Lipinski definition) is 3. The van der Waals surface area contributed by atoms with Crippen molar-refractivity contribution in [3.05, 3.63) is 11.3 Å². The van der Waals surface area contributed by atoms with Gasteiger partial charge in [0, 0.05) is 18.8 Å². The molecule has 16 heavy (non-hydrogen) atoms. The minimum absolute atomic E-state index is 0.0705. The SMILES string of the molecule is C[Si](C)(C)/C=C1/CO[C@@H]2CC(=O)C[C@@H](O)[C@H]12. The predicted molar refractivity (Wildman–Crippen MR) is 64.9 cm³/mol. The third-order valence-corrected chi connectivity index (χ3v) is 4.43. The van der Waals surface area contributed by atoms with Crippen molar-refractivity contribution in [2.45, 2.75) is 44.7 Å². The van der Waals surface area contributed by atoms with Gasteiger partial charge in [-0.15, -0.1) is 0 Å². The minimum atomic E-state index is -1.28. The normalized spacial score (nSPS) is 37.9. The monoisotopic (exact) mass is 240 g/mol. The van der Waals surface area contributed by atoms with E-state index < -0.39 is 14.2 Å². The minimum Gasteiger partial charge on any atom is -0.392 e. The van der Waals surface area contributed by atoms with Crippen molar-refractivity contribution in [2.75, 3.05) is 6.61 Å². The molecule has 0 spiro atoms. The summed E-state index contributed by atoms with van der Waals surface area (Å²) >= 11 is 0. The molecule has 4 heteroatoms. The summed E-state index contributed by atoms with van der Waals surface area (Å²) in [6.45, 7) is 7.42. The standard InChI is InChI=1S/C12H20O3Si/c1-16(2,3)7-8-6-15-11-5-9(13)4-10(14)12(8)11/h7,10-12,14H,4-6H2,1-3H3/b8-7-/t10-,11-,12+/m1/s1. The van der Waals surface area contributed by atoms with E-state index in [2.05, 4.69) is 25.3 Å². The number of ether oxygens (including phenoxy) is 1. The Labute approximate surface area is 97.5 Å². The molecule has 3 atom stereocenters. The molecule has 0 aromatic heterocycles. The van der Waals surface area contributed by atoms with Gasteiger partial charge in [0.2, 0.25) is 0 Å². The van der Waals surface area contributed by atoms with Crippen LogP contribution in [-0.2, 0) is 9.53 Å². The van der Waals surface area contributed by atoms with Crippen LogP contribution in [0.2, 0.25) is 19.6 Å². The molecule has 1 aliphatic heterocycles. The van der Waals surface area contributed by atoms with Crippen LogP contribution in [-0.4, -0.2) is 37.8 Å². The number of aliphatic hydroxyl groups excluding tert-OH is 1. The topological polar surface area (TPSA) is 46.5 Å². The summed E-state index contributed by atoms with van der Waals surface area (Å²) in [5, 5.41) is 9.99. The van der Waals surface area contributed by atoms with Gasteiger partial charge < -0.3 is 9.84 Å². The van der Waals surface area contributed by atoms with Crippen molar-refractivity contribution in [3.8, 4) is 0 Å². The molecule has 1 heterocycles. The number of aliphatic hydroxyl groups is 1. The Morgan fingerprint density at radius 2 is 2.06 bits per heavy atom. The Balaban J connectivity index is 2.21. The maximum Gasteiger partial charge on any atom is 0.138 e. The molecule has 2 fully saturated rings. The molecule has 0 unspecified atom stereocenters. The second kappa shape index (κ2) is 4.09. The van der Waals surface area contributed by atoms with Gasteiger partial charge in [0.25, 0.3) is 0 Å². The van der Waals surface area contributed by atoms with Crippen LogP contribution in [0.5, 0.6) is 0 Å². The molecule has 2 rings (SSSR count). The van der Waals surface area contributed by atoms with Crippen molar-refractivity contribution in [1.29, 1.82) is 0 Å². The summed E-state index contributed by atoms with van der Waals surface area (Å²) in [7, 11) is -1.28. The van der Waals surface area contributed by atoms with Crippen LogP contribution in [0.3, 0.4) is 0 Å². The largest absolute Gasteiger partial charge is 0.392 e. The summed E-state index contributed by atoms with van der Waals surface area (Å²) in [6, 6.07) is 0. The second-order valence-corrected chi connectivity index (χ2v) is 11.0. The number of fused-ring (bicyclic) bond motifs is 1. The third kappa shape index (κ3) is 2.44. The van der Waals surface area contributed by atoms with E-state index in [9.17, 15) is 9.90 Å². The average molecular weight is 240 g/mol. The van der Waals surface area contributed by atoms with Crippen LogP contribution in [0.1, 0.15) is 12.8 Å². The molecule has 1 saturated carbocycles. The van der Waals surface area contributed by atoms with Crippen molar-refractivity contribution in [2.24, 2.45) is 5.92 Å². The van der Waals surface area contributed by atoms with Crippen molar-refractivity contribution in [1.82, 2.24) is 0 Å². The van der Waals surface area contributed by atoms with Crippen LogP contribution in [0.4, 0.5) is 0 Å². The van der Waals surface area contributed by atoms with E-state index in [0.717, 1.165) is 0 Å². The number of ketones is 1. The lowest BCUT2D eigenvalue weighted by atomic mass is 9.81. The van der Waals surface area contributed by atoms with Gasteiger partial charge >= 0.3 is 0 Å². The van der Waals surface area contributed by atoms with Crippen molar-refractivity contribution < 1.29 is 14.6 Å². The summed E-state index contributed by atoms with van der Waals surface area (Å²) in [4.78, 5) is 11.4. The van der Waals surface area contributed by atoms with Crippen molar-refractivity contribution >= 4 is 13.9 Å². The van der Waals surface area contributed by atoms with E-state index >= 15 is 0 Å². The zero-order chi connectivity index (χ0) is 11.9. The highest BCUT2D eigenvalue weighted by atomic mass is 28.3. The molecule has 0 radical (unpaired) electrons. The van der Waals surface area contributed by atoms with Gasteiger partial charge in [0.15, 0.2) is 0 Å². The summed E-state index contributed by atoms with van der Waals surface area (Å²) in [5.74, 6) is 0.201. The third-order valence-electron chi connectivity index (χ3n) is 3.19. The molecule has 0 aromatic rings. The van der Waals surface area contributed by atoms with E-state index in [1.165, 1.54) is 5.57 Å². The number of hydrogen-bond donors (Lipinski definition) is 1. The fourth-order valence-corrected chi connectivity index (χ4v) is 4.07. The zero-order valence-corrected chi connectivity index (χ0v) is 11.2. The molecule has 3 nitrogen and oxygen atoms in total. The molecule has 2 aliphatic rings. The van der Waals surface area contributed by atoms with Crippen LogP contribution < -0.4 is 0 Å². The first-order valence-corrected chi connectivity index (χ1v) is 9.47. The Kier molecular flexibility index (Phi) is 3.07. The molecule has 1 saturated heterocycles. The van der Waals surface area contributed by atoms with E-state index in [4.69, 9.17) is 4.74 Å². The molecular formula is C12H20O3Si. The van der Waals surface area contributed by atoms with Gasteiger partial charge in [0.05, 0.1) is 26.9 Å². The molecule has 0 amide bonds. The van der Waals surface area contributed by atoms with E-state index in [1.807, 2.05) is 0 Å². The summed E-state index contributed by atoms with van der Waals surface area (Å²) < 4.78 is 5.63. The van der Waals surface area contributed by atoms with Crippen LogP contribution >= 0.6 is 0 Å². The fourth-order valence-electron chi connectivity index (χ4n) is 2.68. The van der Waals surface area contributed by atoms with Gasteiger partial charge in [-0.1, -0.05) is 25.3 Å². The van der Waals surface area contributed by atoms with Crippen molar-refractivity contribution in [3.63, 3.8) is 0 Å². The van der Waals surface area contributed by atoms with Gasteiger partial charge in [-0.25, -0.2) is 0 Å². The second-order valence-electron chi connectivity index (χ2n) is 5.97. The number of carbonyl (C=O) groups is 1. The molecule has 90 valence electrons. The van der Waals surface area contributed by atoms with E-state index in [1.54, 1.807) is 0 Å². The van der Waals surface area contributed by atoms with Gasteiger partial charge in [-0.05, 0) is 5.57 Å². The quantitative estimate of drug-likeness (QED) is 0.707. The zero-order valence-electron chi connectivity index (χ0n) is 10.2. The van der Waals surface area contributed by atoms with Crippen LogP contribution in [0, 0.1) is 5.92 Å². The Morgan fingerprint density at radius 1 is 1.38 bits per heavy atom. The Hall–Kier alpha value is -0.453. The Bertz CT molecular complexity index is 330. The van der Waals surface area contributed by atoms with Gasteiger partial charge in [-0.3, -0.25) is 4.79 Å². The number of rotatable bonds is 1. The molecule has 0 bridgehead atoms. The Morgan fingerprint density at radius 3 is 2.69 bits per heavy atom. The lowest BCUT2D eigenvalue weighted by molar-refractivity contribution is -0.129. The first-order valence-electron chi connectivity index (χ1n) is 5.90. The lowest BCUT2D eigenvalue weighted by Crippen LogP contribution is -2.38. The van der Waals surface area contributed by atoms with Crippen LogP contribution in [0.15, 0.2) is 11.3 Å². The smallest absolute Gasteiger partial charge is 0.138 e. The van der Waals surface area contributed by atoms with E-state index in [-0.39, 0.29) is 17.8 Å². The maximum atomic E-state index is 11.4. The number of Topliss-reactive ketones (excluding diaryl/α,β-unsaturated/α-hetero) is 1. The van der Waals surface area contributed by atoms with Gasteiger partial charge in [-0.2, -0.15) is 0 Å². The highest BCUT2D eigenvalue weighted by Gasteiger charge is 2.43. The molecule has 0 aromatic carbocycles. The molecule has 1 aliphatic carbocycles. The number of carbonyl (C=O) groups excluding carboxylic acids is 1. The van der Waals surface area contributed by atoms with Gasteiger partial charge in [0.1, 0.15) is 5.78 Å². The van der Waals surface area contributed by atoms with Crippen LogP contribution in [0.25, 0.3) is 0 Å². The predicted octanol–water partition coefficient (Wildman–Crippen LogP) is 1.53. The first kappa shape index (κ1) is 12.0. The average Bonchev–Trinajstić information content (AvgIpc) is 2.44. The maximum absolute atomic E-state index is 11.4. The molecular weight excluding hydrogens is 220 g/mol. The molecule has 1 N–H and O–H groups in total. The highest BCUT2D eigenvalue weighted by molar-refractivity contribution is 6.81. The van der Waals surface area contributed by atoms with E-state index in [0.29, 0.717) is 19.4 Å². The fraction of sp³-hybridized carbons (Fsp3) is 0.750. The first-order chi connectivity index (χ1) is 7.37. The summed E-state index contributed by atoms with van der Waals surface area (Å²) in [6.07, 6.45) is 0.174. The summed E-state index contributed by atoms with van der Waals surface area (Å²) in [5.41, 5.74) is 3.54. The lowest BCUT2D eigenvalue weighted by Gasteiger charge is -2.29. The highest BCUT2D eigenvalue weighted by Crippen LogP contribution is 2.37.